The van der Waals surface area contributed by atoms with Gasteiger partial charge in [-0.3, -0.25) is 0 Å². The Hall–Kier alpha value is -1.03. The average molecular weight is 251 g/mol. The van der Waals surface area contributed by atoms with Crippen molar-refractivity contribution in [1.82, 2.24) is 9.78 Å². The molecule has 102 valence electrons. The van der Waals surface area contributed by atoms with Crippen molar-refractivity contribution in [3.8, 4) is 5.88 Å². The van der Waals surface area contributed by atoms with Gasteiger partial charge in [0.25, 0.3) is 0 Å². The van der Waals surface area contributed by atoms with E-state index in [0.717, 1.165) is 24.4 Å². The molecule has 0 bridgehead atoms. The van der Waals surface area contributed by atoms with Crippen molar-refractivity contribution in [2.75, 3.05) is 13.7 Å². The summed E-state index contributed by atoms with van der Waals surface area (Å²) in [5.41, 5.74) is 8.07. The fourth-order valence-electron chi connectivity index (χ4n) is 2.97. The smallest absolute Gasteiger partial charge is 0.215 e. The molecule has 1 fully saturated rings. The molecule has 0 saturated heterocycles. The van der Waals surface area contributed by atoms with Crippen molar-refractivity contribution in [2.45, 2.75) is 57.9 Å². The van der Waals surface area contributed by atoms with Gasteiger partial charge in [0.15, 0.2) is 0 Å². The van der Waals surface area contributed by atoms with Crippen molar-refractivity contribution in [2.24, 2.45) is 5.73 Å². The first-order valence-corrected chi connectivity index (χ1v) is 7.16. The Balaban J connectivity index is 2.33. The topological polar surface area (TPSA) is 53.1 Å². The quantitative estimate of drug-likeness (QED) is 0.874. The summed E-state index contributed by atoms with van der Waals surface area (Å²) in [6.45, 7) is 2.80. The standard InChI is InChI=1S/C14H25N3O/c1-3-13-12(9-10-15)14(18-2)17(16-13)11-7-5-4-6-8-11/h11H,3-10,15H2,1-2H3. The molecule has 2 N–H and O–H groups in total. The molecule has 4 nitrogen and oxygen atoms in total. The molecule has 0 radical (unpaired) electrons. The largest absolute Gasteiger partial charge is 0.481 e. The van der Waals surface area contributed by atoms with Crippen molar-refractivity contribution in [3.05, 3.63) is 11.3 Å². The van der Waals surface area contributed by atoms with E-state index in [0.29, 0.717) is 12.6 Å². The van der Waals surface area contributed by atoms with E-state index in [1.165, 1.54) is 37.7 Å². The van der Waals surface area contributed by atoms with Crippen LogP contribution in [0.5, 0.6) is 5.88 Å². The van der Waals surface area contributed by atoms with E-state index in [-0.39, 0.29) is 0 Å². The molecule has 1 aliphatic carbocycles. The highest BCUT2D eigenvalue weighted by Crippen LogP contribution is 2.34. The monoisotopic (exact) mass is 251 g/mol. The maximum atomic E-state index is 5.70. The van der Waals surface area contributed by atoms with Gasteiger partial charge in [-0.2, -0.15) is 5.10 Å². The maximum absolute atomic E-state index is 5.70. The van der Waals surface area contributed by atoms with Gasteiger partial charge < -0.3 is 10.5 Å². The molecule has 0 aliphatic heterocycles. The Morgan fingerprint density at radius 1 is 1.33 bits per heavy atom. The number of hydrogen-bond acceptors (Lipinski definition) is 3. The summed E-state index contributed by atoms with van der Waals surface area (Å²) >= 11 is 0. The first kappa shape index (κ1) is 13.4. The van der Waals surface area contributed by atoms with Gasteiger partial charge in [0.05, 0.1) is 18.8 Å². The van der Waals surface area contributed by atoms with E-state index >= 15 is 0 Å². The molecule has 1 aromatic rings. The summed E-state index contributed by atoms with van der Waals surface area (Å²) in [5, 5.41) is 4.78. The molecule has 1 heterocycles. The molecule has 18 heavy (non-hydrogen) atoms. The molecule has 1 saturated carbocycles. The van der Waals surface area contributed by atoms with Gasteiger partial charge in [0.1, 0.15) is 0 Å². The molecule has 0 spiro atoms. The molecule has 0 amide bonds. The Kier molecular flexibility index (Phi) is 4.64. The van der Waals surface area contributed by atoms with Gasteiger partial charge in [0.2, 0.25) is 5.88 Å². The van der Waals surface area contributed by atoms with Gasteiger partial charge >= 0.3 is 0 Å². The number of methoxy groups -OCH3 is 1. The molecule has 1 aromatic heterocycles. The van der Waals surface area contributed by atoms with Gasteiger partial charge in [-0.05, 0) is 32.2 Å². The summed E-state index contributed by atoms with van der Waals surface area (Å²) < 4.78 is 7.74. The average Bonchev–Trinajstić information content (AvgIpc) is 2.78. The lowest BCUT2D eigenvalue weighted by Gasteiger charge is -2.23. The van der Waals surface area contributed by atoms with Crippen LogP contribution >= 0.6 is 0 Å². The van der Waals surface area contributed by atoms with E-state index < -0.39 is 0 Å². The molecular weight excluding hydrogens is 226 g/mol. The highest BCUT2D eigenvalue weighted by atomic mass is 16.5. The van der Waals surface area contributed by atoms with Gasteiger partial charge in [-0.25, -0.2) is 4.68 Å². The third-order valence-corrected chi connectivity index (χ3v) is 3.89. The molecule has 0 unspecified atom stereocenters. The van der Waals surface area contributed by atoms with Crippen molar-refractivity contribution in [3.63, 3.8) is 0 Å². The van der Waals surface area contributed by atoms with E-state index in [9.17, 15) is 0 Å². The van der Waals surface area contributed by atoms with Crippen LogP contribution in [0.25, 0.3) is 0 Å². The Morgan fingerprint density at radius 2 is 2.06 bits per heavy atom. The third-order valence-electron chi connectivity index (χ3n) is 3.89. The maximum Gasteiger partial charge on any atom is 0.215 e. The number of aryl methyl sites for hydroxylation is 1. The number of hydrogen-bond donors (Lipinski definition) is 1. The van der Waals surface area contributed by atoms with Crippen LogP contribution in [-0.4, -0.2) is 23.4 Å². The second kappa shape index (κ2) is 6.23. The van der Waals surface area contributed by atoms with E-state index in [1.54, 1.807) is 7.11 Å². The fourth-order valence-corrected chi connectivity index (χ4v) is 2.97. The van der Waals surface area contributed by atoms with Crippen molar-refractivity contribution >= 4 is 0 Å². The SMILES string of the molecule is CCc1nn(C2CCCCC2)c(OC)c1CCN. The summed E-state index contributed by atoms with van der Waals surface area (Å²) in [4.78, 5) is 0. The highest BCUT2D eigenvalue weighted by Gasteiger charge is 2.24. The minimum atomic E-state index is 0.519. The van der Waals surface area contributed by atoms with E-state index in [2.05, 4.69) is 11.6 Å². The Bertz CT molecular complexity index is 381. The van der Waals surface area contributed by atoms with Crippen LogP contribution in [-0.2, 0) is 12.8 Å². The molecular formula is C14H25N3O. The predicted molar refractivity (Wildman–Crippen MR) is 73.0 cm³/mol. The number of nitrogens with two attached hydrogens (primary N) is 1. The van der Waals surface area contributed by atoms with Crippen LogP contribution in [0.3, 0.4) is 0 Å². The number of ether oxygens (including phenoxy) is 1. The lowest BCUT2D eigenvalue weighted by Crippen LogP contribution is -2.15. The van der Waals surface area contributed by atoms with Crippen LogP contribution in [0, 0.1) is 0 Å². The minimum absolute atomic E-state index is 0.519. The first-order valence-electron chi connectivity index (χ1n) is 7.16. The number of rotatable bonds is 5. The zero-order valence-electron chi connectivity index (χ0n) is 11.6. The molecule has 0 aromatic carbocycles. The predicted octanol–water partition coefficient (Wildman–Crippen LogP) is 2.46. The lowest BCUT2D eigenvalue weighted by molar-refractivity contribution is 0.279. The Morgan fingerprint density at radius 3 is 2.61 bits per heavy atom. The first-order chi connectivity index (χ1) is 8.81. The van der Waals surface area contributed by atoms with E-state index in [1.807, 2.05) is 0 Å². The minimum Gasteiger partial charge on any atom is -0.481 e. The summed E-state index contributed by atoms with van der Waals surface area (Å²) in [5.74, 6) is 0.948. The zero-order chi connectivity index (χ0) is 13.0. The zero-order valence-corrected chi connectivity index (χ0v) is 11.6. The normalized spacial score (nSPS) is 17.1. The lowest BCUT2D eigenvalue weighted by atomic mass is 9.96. The van der Waals surface area contributed by atoms with Crippen molar-refractivity contribution in [1.29, 1.82) is 0 Å². The summed E-state index contributed by atoms with van der Waals surface area (Å²) in [6, 6.07) is 0.519. The van der Waals surface area contributed by atoms with Gasteiger partial charge in [-0.1, -0.05) is 26.2 Å². The summed E-state index contributed by atoms with van der Waals surface area (Å²) in [7, 11) is 1.75. The number of aromatic nitrogens is 2. The third kappa shape index (κ3) is 2.53. The van der Waals surface area contributed by atoms with Crippen LogP contribution in [0.1, 0.15) is 56.3 Å². The van der Waals surface area contributed by atoms with Gasteiger partial charge in [-0.15, -0.1) is 0 Å². The van der Waals surface area contributed by atoms with Gasteiger partial charge in [0, 0.05) is 5.56 Å². The highest BCUT2D eigenvalue weighted by molar-refractivity contribution is 5.33. The Labute approximate surface area is 110 Å². The van der Waals surface area contributed by atoms with Crippen LogP contribution in [0.4, 0.5) is 0 Å². The van der Waals surface area contributed by atoms with Crippen LogP contribution < -0.4 is 10.5 Å². The van der Waals surface area contributed by atoms with E-state index in [4.69, 9.17) is 15.6 Å². The van der Waals surface area contributed by atoms with Crippen LogP contribution in [0.2, 0.25) is 0 Å². The molecule has 2 rings (SSSR count). The van der Waals surface area contributed by atoms with Crippen molar-refractivity contribution < 1.29 is 4.74 Å². The molecule has 1 aliphatic rings. The second-order valence-corrected chi connectivity index (χ2v) is 5.06. The van der Waals surface area contributed by atoms with Crippen LogP contribution in [0.15, 0.2) is 0 Å². The number of nitrogens with zero attached hydrogens (tertiary/aromatic N) is 2. The second-order valence-electron chi connectivity index (χ2n) is 5.06. The fraction of sp³-hybridized carbons (Fsp3) is 0.786. The summed E-state index contributed by atoms with van der Waals surface area (Å²) in [6.07, 6.45) is 8.23. The molecule has 0 atom stereocenters. The molecule has 4 heteroatoms.